The van der Waals surface area contributed by atoms with Crippen LogP contribution in [0.15, 0.2) is 46.3 Å². The van der Waals surface area contributed by atoms with Crippen molar-refractivity contribution in [1.82, 2.24) is 4.57 Å². The van der Waals surface area contributed by atoms with Gasteiger partial charge in [-0.15, -0.1) is 0 Å². The van der Waals surface area contributed by atoms with Crippen LogP contribution < -0.4 is 9.54 Å². The van der Waals surface area contributed by atoms with Crippen LogP contribution in [0.4, 0.5) is 0 Å². The van der Waals surface area contributed by atoms with Gasteiger partial charge in [0.05, 0.1) is 28.8 Å². The Labute approximate surface area is 179 Å². The second-order valence-corrected chi connectivity index (χ2v) is 9.87. The second kappa shape index (κ2) is 9.11. The Bertz CT molecular complexity index is 1240. The summed E-state index contributed by atoms with van der Waals surface area (Å²) in [6.45, 7) is 4.97. The zero-order valence-electron chi connectivity index (χ0n) is 17.3. The number of thiazole rings is 1. The lowest BCUT2D eigenvalue weighted by Crippen LogP contribution is -2.22. The van der Waals surface area contributed by atoms with Gasteiger partial charge in [0.1, 0.15) is 11.5 Å². The van der Waals surface area contributed by atoms with Crippen molar-refractivity contribution in [2.75, 3.05) is 26.6 Å². The van der Waals surface area contributed by atoms with Crippen molar-refractivity contribution < 1.29 is 22.7 Å². The predicted molar refractivity (Wildman–Crippen MR) is 117 cm³/mol. The first kappa shape index (κ1) is 22.2. The standard InChI is InChI=1S/C21H24N2O5S2/c1-14-11-15(2)20-18(12-14)23(9-10-27-3)21(29-20)22-19(24)13-30(25,26)17-7-5-16(28-4)6-8-17/h5-8,11-12H,9-10,13H2,1-4H3. The number of aromatic nitrogens is 1. The third-order valence-corrected chi connectivity index (χ3v) is 7.43. The number of sulfone groups is 1. The molecule has 3 rings (SSSR count). The maximum Gasteiger partial charge on any atom is 0.263 e. The molecular formula is C21H24N2O5S2. The molecule has 0 saturated carbocycles. The van der Waals surface area contributed by atoms with Gasteiger partial charge in [-0.25, -0.2) is 8.42 Å². The van der Waals surface area contributed by atoms with Gasteiger partial charge >= 0.3 is 0 Å². The summed E-state index contributed by atoms with van der Waals surface area (Å²) in [5.74, 6) is -0.867. The monoisotopic (exact) mass is 448 g/mol. The van der Waals surface area contributed by atoms with Crippen molar-refractivity contribution in [3.63, 3.8) is 0 Å². The molecule has 3 aromatic rings. The molecule has 0 atom stereocenters. The highest BCUT2D eigenvalue weighted by Crippen LogP contribution is 2.23. The van der Waals surface area contributed by atoms with Crippen molar-refractivity contribution in [2.24, 2.45) is 4.99 Å². The van der Waals surface area contributed by atoms with E-state index >= 15 is 0 Å². The van der Waals surface area contributed by atoms with Crippen molar-refractivity contribution >= 4 is 37.3 Å². The topological polar surface area (TPSA) is 87.0 Å². The predicted octanol–water partition coefficient (Wildman–Crippen LogP) is 2.88. The highest BCUT2D eigenvalue weighted by atomic mass is 32.2. The fraction of sp³-hybridized carbons (Fsp3) is 0.333. The minimum absolute atomic E-state index is 0.0573. The van der Waals surface area contributed by atoms with Crippen LogP contribution in [-0.2, 0) is 25.9 Å². The fourth-order valence-electron chi connectivity index (χ4n) is 3.16. The normalized spacial score (nSPS) is 12.5. The number of fused-ring (bicyclic) bond motifs is 1. The molecule has 0 bridgehead atoms. The van der Waals surface area contributed by atoms with E-state index in [4.69, 9.17) is 9.47 Å². The van der Waals surface area contributed by atoms with E-state index in [9.17, 15) is 13.2 Å². The number of carbonyl (C=O) groups excluding carboxylic acids is 1. The van der Waals surface area contributed by atoms with Gasteiger partial charge in [-0.3, -0.25) is 4.79 Å². The second-order valence-electron chi connectivity index (χ2n) is 6.90. The molecule has 1 aromatic heterocycles. The van der Waals surface area contributed by atoms with Crippen LogP contribution in [0.1, 0.15) is 11.1 Å². The number of hydrogen-bond acceptors (Lipinski definition) is 6. The van der Waals surface area contributed by atoms with Crippen LogP contribution in [0.2, 0.25) is 0 Å². The summed E-state index contributed by atoms with van der Waals surface area (Å²) in [6, 6.07) is 10.0. The van der Waals surface area contributed by atoms with Gasteiger partial charge in [-0.05, 0) is 55.3 Å². The summed E-state index contributed by atoms with van der Waals surface area (Å²) in [5, 5.41) is 0. The lowest BCUT2D eigenvalue weighted by atomic mass is 10.1. The minimum atomic E-state index is -3.81. The van der Waals surface area contributed by atoms with Crippen LogP contribution in [0, 0.1) is 13.8 Å². The van der Waals surface area contributed by atoms with E-state index in [-0.39, 0.29) is 4.90 Å². The molecule has 1 heterocycles. The SMILES string of the molecule is COCCn1c(=NC(=O)CS(=O)(=O)c2ccc(OC)cc2)sc2c(C)cc(C)cc21. The van der Waals surface area contributed by atoms with Gasteiger partial charge in [-0.1, -0.05) is 17.4 Å². The number of carbonyl (C=O) groups is 1. The Morgan fingerprint density at radius 3 is 2.47 bits per heavy atom. The molecule has 1 amide bonds. The van der Waals surface area contributed by atoms with Crippen molar-refractivity contribution in [3.8, 4) is 5.75 Å². The summed E-state index contributed by atoms with van der Waals surface area (Å²) in [4.78, 5) is 17.2. The molecule has 0 spiro atoms. The molecule has 9 heteroatoms. The lowest BCUT2D eigenvalue weighted by molar-refractivity contribution is -0.115. The number of methoxy groups -OCH3 is 2. The van der Waals surface area contributed by atoms with Crippen LogP contribution in [0.3, 0.4) is 0 Å². The van der Waals surface area contributed by atoms with Gasteiger partial charge < -0.3 is 14.0 Å². The maximum absolute atomic E-state index is 12.6. The first-order valence-electron chi connectivity index (χ1n) is 9.29. The first-order valence-corrected chi connectivity index (χ1v) is 11.8. The number of ether oxygens (including phenoxy) is 2. The third kappa shape index (κ3) is 4.80. The smallest absolute Gasteiger partial charge is 0.263 e. The zero-order chi connectivity index (χ0) is 21.9. The number of benzene rings is 2. The minimum Gasteiger partial charge on any atom is -0.497 e. The molecule has 0 fully saturated rings. The lowest BCUT2D eigenvalue weighted by Gasteiger charge is -2.06. The van der Waals surface area contributed by atoms with Gasteiger partial charge in [0, 0.05) is 13.7 Å². The van der Waals surface area contributed by atoms with Crippen LogP contribution in [-0.4, -0.2) is 45.5 Å². The third-order valence-electron chi connectivity index (χ3n) is 4.59. The Morgan fingerprint density at radius 2 is 1.83 bits per heavy atom. The van der Waals surface area contributed by atoms with E-state index in [1.165, 1.54) is 30.6 Å². The summed E-state index contributed by atoms with van der Waals surface area (Å²) >= 11 is 1.37. The molecule has 0 N–H and O–H groups in total. The molecule has 0 saturated heterocycles. The van der Waals surface area contributed by atoms with Gasteiger partial charge in [0.25, 0.3) is 5.91 Å². The highest BCUT2D eigenvalue weighted by molar-refractivity contribution is 7.92. The number of aryl methyl sites for hydroxylation is 2. The molecule has 0 aliphatic rings. The molecule has 0 unspecified atom stereocenters. The highest BCUT2D eigenvalue weighted by Gasteiger charge is 2.20. The molecule has 7 nitrogen and oxygen atoms in total. The van der Waals surface area contributed by atoms with Gasteiger partial charge in [0.2, 0.25) is 0 Å². The van der Waals surface area contributed by atoms with Crippen molar-refractivity contribution in [2.45, 2.75) is 25.3 Å². The quantitative estimate of drug-likeness (QED) is 0.555. The average Bonchev–Trinajstić information content (AvgIpc) is 3.03. The van der Waals surface area contributed by atoms with Crippen LogP contribution in [0.5, 0.6) is 5.75 Å². The molecular weight excluding hydrogens is 424 g/mol. The Morgan fingerprint density at radius 1 is 1.13 bits per heavy atom. The molecule has 2 aromatic carbocycles. The maximum atomic E-state index is 12.6. The number of amides is 1. The first-order chi connectivity index (χ1) is 14.2. The van der Waals surface area contributed by atoms with E-state index in [1.54, 1.807) is 19.2 Å². The molecule has 30 heavy (non-hydrogen) atoms. The largest absolute Gasteiger partial charge is 0.497 e. The Balaban J connectivity index is 1.98. The zero-order valence-corrected chi connectivity index (χ0v) is 19.0. The molecule has 0 radical (unpaired) electrons. The van der Waals surface area contributed by atoms with Crippen LogP contribution >= 0.6 is 11.3 Å². The fourth-order valence-corrected chi connectivity index (χ4v) is 5.39. The van der Waals surface area contributed by atoms with Crippen LogP contribution in [0.25, 0.3) is 10.2 Å². The Hall–Kier alpha value is -2.49. The van der Waals surface area contributed by atoms with E-state index in [0.29, 0.717) is 23.7 Å². The number of rotatable bonds is 7. The number of hydrogen-bond donors (Lipinski definition) is 0. The summed E-state index contributed by atoms with van der Waals surface area (Å²) in [5.41, 5.74) is 3.14. The van der Waals surface area contributed by atoms with Gasteiger partial charge in [0.15, 0.2) is 14.6 Å². The van der Waals surface area contributed by atoms with Gasteiger partial charge in [-0.2, -0.15) is 4.99 Å². The van der Waals surface area contributed by atoms with E-state index in [2.05, 4.69) is 11.1 Å². The summed E-state index contributed by atoms with van der Waals surface area (Å²) < 4.78 is 38.4. The van der Waals surface area contributed by atoms with E-state index < -0.39 is 21.5 Å². The molecule has 160 valence electrons. The summed E-state index contributed by atoms with van der Waals surface area (Å²) in [6.07, 6.45) is 0. The van der Waals surface area contributed by atoms with Crippen molar-refractivity contribution in [1.29, 1.82) is 0 Å². The van der Waals surface area contributed by atoms with Crippen molar-refractivity contribution in [3.05, 3.63) is 52.3 Å². The molecule has 0 aliphatic carbocycles. The average molecular weight is 449 g/mol. The van der Waals surface area contributed by atoms with E-state index in [1.807, 2.05) is 24.5 Å². The number of nitrogens with zero attached hydrogens (tertiary/aromatic N) is 2. The Kier molecular flexibility index (Phi) is 6.74. The molecule has 0 aliphatic heterocycles. The van der Waals surface area contributed by atoms with E-state index in [0.717, 1.165) is 21.3 Å². The summed E-state index contributed by atoms with van der Waals surface area (Å²) in [7, 11) is -0.702.